The van der Waals surface area contributed by atoms with E-state index in [1.807, 2.05) is 24.3 Å². The molecule has 0 fully saturated rings. The van der Waals surface area contributed by atoms with Crippen molar-refractivity contribution in [3.8, 4) is 5.75 Å². The SMILES string of the molecule is COc1ccc(C2=CC(CN=C=S)ON2)cc1Cl. The molecule has 18 heavy (non-hydrogen) atoms. The number of hydroxylamine groups is 1. The molecule has 6 heteroatoms. The Balaban J connectivity index is 2.17. The summed E-state index contributed by atoms with van der Waals surface area (Å²) < 4.78 is 5.10. The monoisotopic (exact) mass is 282 g/mol. The van der Waals surface area contributed by atoms with Crippen molar-refractivity contribution in [3.63, 3.8) is 0 Å². The lowest BCUT2D eigenvalue weighted by Gasteiger charge is -2.07. The maximum absolute atomic E-state index is 6.06. The minimum atomic E-state index is -0.142. The van der Waals surface area contributed by atoms with Gasteiger partial charge >= 0.3 is 0 Å². The number of hydrogen-bond donors (Lipinski definition) is 1. The third-order valence-electron chi connectivity index (χ3n) is 2.47. The predicted octanol–water partition coefficient (Wildman–Crippen LogP) is 2.70. The van der Waals surface area contributed by atoms with Gasteiger partial charge in [-0.3, -0.25) is 10.3 Å². The van der Waals surface area contributed by atoms with Gasteiger partial charge in [0.1, 0.15) is 11.9 Å². The molecular weight excluding hydrogens is 272 g/mol. The fourth-order valence-corrected chi connectivity index (χ4v) is 1.93. The van der Waals surface area contributed by atoms with Crippen LogP contribution in [0.4, 0.5) is 0 Å². The highest BCUT2D eigenvalue weighted by Crippen LogP contribution is 2.28. The molecule has 2 rings (SSSR count). The Hall–Kier alpha value is -1.39. The number of thiocarbonyl (C=S) groups is 1. The average Bonchev–Trinajstić information content (AvgIpc) is 2.85. The minimum Gasteiger partial charge on any atom is -0.495 e. The first kappa shape index (κ1) is 13.1. The van der Waals surface area contributed by atoms with Crippen molar-refractivity contribution >= 4 is 34.7 Å². The molecular formula is C12H11ClN2O2S. The summed E-state index contributed by atoms with van der Waals surface area (Å²) in [4.78, 5) is 9.16. The second-order valence-electron chi connectivity index (χ2n) is 3.62. The van der Waals surface area contributed by atoms with E-state index in [1.165, 1.54) is 0 Å². The fraction of sp³-hybridized carbons (Fsp3) is 0.250. The van der Waals surface area contributed by atoms with Gasteiger partial charge in [-0.1, -0.05) is 11.6 Å². The molecule has 0 aliphatic carbocycles. The first-order valence-corrected chi connectivity index (χ1v) is 6.04. The Morgan fingerprint density at radius 3 is 3.11 bits per heavy atom. The first-order valence-electron chi connectivity index (χ1n) is 5.25. The summed E-state index contributed by atoms with van der Waals surface area (Å²) in [5.41, 5.74) is 4.61. The lowest BCUT2D eigenvalue weighted by molar-refractivity contribution is 0.0571. The minimum absolute atomic E-state index is 0.142. The van der Waals surface area contributed by atoms with Crippen LogP contribution in [0.1, 0.15) is 5.56 Å². The number of isothiocyanates is 1. The van der Waals surface area contributed by atoms with Gasteiger partial charge in [-0.25, -0.2) is 4.99 Å². The van der Waals surface area contributed by atoms with Crippen molar-refractivity contribution in [1.29, 1.82) is 0 Å². The molecule has 1 unspecified atom stereocenters. The van der Waals surface area contributed by atoms with Crippen LogP contribution in [-0.4, -0.2) is 24.9 Å². The average molecular weight is 283 g/mol. The Morgan fingerprint density at radius 1 is 1.61 bits per heavy atom. The Morgan fingerprint density at radius 2 is 2.44 bits per heavy atom. The summed E-state index contributed by atoms with van der Waals surface area (Å²) in [6.45, 7) is 0.448. The molecule has 0 saturated carbocycles. The van der Waals surface area contributed by atoms with E-state index in [0.29, 0.717) is 17.3 Å². The smallest absolute Gasteiger partial charge is 0.137 e. The van der Waals surface area contributed by atoms with Crippen LogP contribution in [0.2, 0.25) is 5.02 Å². The van der Waals surface area contributed by atoms with Crippen LogP contribution in [-0.2, 0) is 4.84 Å². The molecule has 94 valence electrons. The molecule has 0 amide bonds. The van der Waals surface area contributed by atoms with Crippen molar-refractivity contribution < 1.29 is 9.57 Å². The normalized spacial score (nSPS) is 17.7. The van der Waals surface area contributed by atoms with E-state index in [4.69, 9.17) is 21.2 Å². The molecule has 0 aromatic heterocycles. The van der Waals surface area contributed by atoms with Crippen LogP contribution in [0.5, 0.6) is 5.75 Å². The molecule has 1 atom stereocenters. The summed E-state index contributed by atoms with van der Waals surface area (Å²) in [6, 6.07) is 5.52. The molecule has 1 aromatic rings. The van der Waals surface area contributed by atoms with Crippen LogP contribution in [0, 0.1) is 0 Å². The van der Waals surface area contributed by atoms with E-state index in [2.05, 4.69) is 27.9 Å². The maximum Gasteiger partial charge on any atom is 0.137 e. The molecule has 1 aromatic carbocycles. The summed E-state index contributed by atoms with van der Waals surface area (Å²) in [5.74, 6) is 0.641. The predicted molar refractivity (Wildman–Crippen MR) is 73.9 cm³/mol. The second kappa shape index (κ2) is 5.98. The number of aliphatic imine (C=N–C) groups is 1. The van der Waals surface area contributed by atoms with Gasteiger partial charge < -0.3 is 4.74 Å². The van der Waals surface area contributed by atoms with Crippen molar-refractivity contribution in [3.05, 3.63) is 34.9 Å². The second-order valence-corrected chi connectivity index (χ2v) is 4.21. The molecule has 1 heterocycles. The highest BCUT2D eigenvalue weighted by atomic mass is 35.5. The molecule has 1 aliphatic rings. The molecule has 1 N–H and O–H groups in total. The standard InChI is InChI=1S/C12H11ClN2O2S/c1-16-12-3-2-8(4-10(12)13)11-5-9(17-15-11)6-14-7-18/h2-5,9,15H,6H2,1H3. The number of nitrogens with one attached hydrogen (secondary N) is 1. The van der Waals surface area contributed by atoms with Crippen molar-refractivity contribution in [2.24, 2.45) is 4.99 Å². The van der Waals surface area contributed by atoms with Gasteiger partial charge in [0, 0.05) is 5.56 Å². The third kappa shape index (κ3) is 2.89. The Bertz CT molecular complexity index is 527. The number of hydrogen-bond acceptors (Lipinski definition) is 5. The number of rotatable bonds is 4. The summed E-state index contributed by atoms with van der Waals surface area (Å²) >= 11 is 10.6. The van der Waals surface area contributed by atoms with Crippen LogP contribution in [0.3, 0.4) is 0 Å². The molecule has 0 spiro atoms. The highest BCUT2D eigenvalue weighted by Gasteiger charge is 2.17. The number of ether oxygens (including phenoxy) is 1. The zero-order chi connectivity index (χ0) is 13.0. The number of methoxy groups -OCH3 is 1. The molecule has 0 bridgehead atoms. The van der Waals surface area contributed by atoms with Gasteiger partial charge in [-0.15, -0.1) is 0 Å². The Kier molecular flexibility index (Phi) is 4.33. The van der Waals surface area contributed by atoms with Gasteiger partial charge in [0.2, 0.25) is 0 Å². The zero-order valence-corrected chi connectivity index (χ0v) is 11.2. The van der Waals surface area contributed by atoms with Gasteiger partial charge in [0.15, 0.2) is 0 Å². The largest absolute Gasteiger partial charge is 0.495 e. The number of benzene rings is 1. The fourth-order valence-electron chi connectivity index (χ4n) is 1.60. The lowest BCUT2D eigenvalue weighted by atomic mass is 10.1. The molecule has 0 saturated heterocycles. The number of nitrogens with zero attached hydrogens (tertiary/aromatic N) is 1. The van der Waals surface area contributed by atoms with Crippen molar-refractivity contribution in [2.75, 3.05) is 13.7 Å². The first-order chi connectivity index (χ1) is 8.74. The van der Waals surface area contributed by atoms with E-state index in [0.717, 1.165) is 11.3 Å². The van der Waals surface area contributed by atoms with E-state index < -0.39 is 0 Å². The van der Waals surface area contributed by atoms with Gasteiger partial charge in [0.05, 0.1) is 29.5 Å². The van der Waals surface area contributed by atoms with E-state index in [1.54, 1.807) is 7.11 Å². The van der Waals surface area contributed by atoms with E-state index >= 15 is 0 Å². The van der Waals surface area contributed by atoms with Gasteiger partial charge in [-0.2, -0.15) is 0 Å². The molecule has 4 nitrogen and oxygen atoms in total. The maximum atomic E-state index is 6.06. The summed E-state index contributed by atoms with van der Waals surface area (Å²) in [7, 11) is 1.58. The molecule has 0 radical (unpaired) electrons. The zero-order valence-electron chi connectivity index (χ0n) is 9.64. The lowest BCUT2D eigenvalue weighted by Crippen LogP contribution is -2.14. The van der Waals surface area contributed by atoms with Crippen LogP contribution >= 0.6 is 23.8 Å². The van der Waals surface area contributed by atoms with Gasteiger partial charge in [-0.05, 0) is 36.5 Å². The van der Waals surface area contributed by atoms with Gasteiger partial charge in [0.25, 0.3) is 0 Å². The topological polar surface area (TPSA) is 42.9 Å². The summed E-state index contributed by atoms with van der Waals surface area (Å²) in [6.07, 6.45) is 1.78. The van der Waals surface area contributed by atoms with E-state index in [9.17, 15) is 0 Å². The van der Waals surface area contributed by atoms with Crippen LogP contribution in [0.15, 0.2) is 29.3 Å². The number of halogens is 1. The highest BCUT2D eigenvalue weighted by molar-refractivity contribution is 7.78. The Labute approximate surface area is 115 Å². The quantitative estimate of drug-likeness (QED) is 0.681. The van der Waals surface area contributed by atoms with Crippen molar-refractivity contribution in [1.82, 2.24) is 5.48 Å². The van der Waals surface area contributed by atoms with Crippen LogP contribution in [0.25, 0.3) is 5.70 Å². The van der Waals surface area contributed by atoms with E-state index in [-0.39, 0.29) is 6.10 Å². The molecule has 1 aliphatic heterocycles. The summed E-state index contributed by atoms with van der Waals surface area (Å²) in [5, 5.41) is 2.86. The third-order valence-corrected chi connectivity index (χ3v) is 2.90. The van der Waals surface area contributed by atoms with Crippen molar-refractivity contribution in [2.45, 2.75) is 6.10 Å². The van der Waals surface area contributed by atoms with Crippen LogP contribution < -0.4 is 10.2 Å².